The first-order chi connectivity index (χ1) is 18.8. The second-order valence-corrected chi connectivity index (χ2v) is 10.0. The van der Waals surface area contributed by atoms with E-state index in [9.17, 15) is 18.8 Å². The maximum absolute atomic E-state index is 14.0. The van der Waals surface area contributed by atoms with E-state index in [0.29, 0.717) is 17.5 Å². The highest BCUT2D eigenvalue weighted by molar-refractivity contribution is 6.03. The Bertz CT molecular complexity index is 1380. The lowest BCUT2D eigenvalue weighted by atomic mass is 9.91. The van der Waals surface area contributed by atoms with Gasteiger partial charge in [-0.1, -0.05) is 0 Å². The summed E-state index contributed by atoms with van der Waals surface area (Å²) in [7, 11) is 0. The van der Waals surface area contributed by atoms with Crippen LogP contribution in [-0.2, 0) is 9.59 Å². The number of hydrogen-bond acceptors (Lipinski definition) is 9. The number of nitrogens with one attached hydrogen (secondary N) is 4. The molecule has 0 radical (unpaired) electrons. The predicted molar refractivity (Wildman–Crippen MR) is 141 cm³/mol. The van der Waals surface area contributed by atoms with Gasteiger partial charge in [-0.2, -0.15) is 0 Å². The van der Waals surface area contributed by atoms with Gasteiger partial charge in [-0.05, 0) is 44.6 Å². The summed E-state index contributed by atoms with van der Waals surface area (Å²) in [5.41, 5.74) is 12.3. The second kappa shape index (κ2) is 11.2. The average Bonchev–Trinajstić information content (AvgIpc) is 3.61. The van der Waals surface area contributed by atoms with Crippen LogP contribution in [0.3, 0.4) is 0 Å². The highest BCUT2D eigenvalue weighted by Gasteiger charge is 2.27. The van der Waals surface area contributed by atoms with Crippen LogP contribution in [0.1, 0.15) is 55.4 Å². The number of halogens is 1. The summed E-state index contributed by atoms with van der Waals surface area (Å²) in [5.74, 6) is -1.64. The lowest BCUT2D eigenvalue weighted by Crippen LogP contribution is -2.48. The molecular formula is C25H31FN10O3. The zero-order valence-corrected chi connectivity index (χ0v) is 21.2. The molecule has 0 saturated heterocycles. The second-order valence-electron chi connectivity index (χ2n) is 10.0. The van der Waals surface area contributed by atoms with Crippen molar-refractivity contribution in [2.75, 3.05) is 16.0 Å². The van der Waals surface area contributed by atoms with Crippen molar-refractivity contribution in [3.8, 4) is 0 Å². The van der Waals surface area contributed by atoms with Crippen molar-refractivity contribution >= 4 is 40.6 Å². The minimum absolute atomic E-state index is 0.00925. The van der Waals surface area contributed by atoms with Gasteiger partial charge >= 0.3 is 0 Å². The fourth-order valence-corrected chi connectivity index (χ4v) is 4.62. The molecule has 2 saturated carbocycles. The number of imidazole rings is 1. The molecule has 13 nitrogen and oxygen atoms in total. The molecule has 0 aromatic carbocycles. The number of primary amides is 1. The molecule has 2 fully saturated rings. The fourth-order valence-electron chi connectivity index (χ4n) is 4.62. The Kier molecular flexibility index (Phi) is 7.54. The maximum Gasteiger partial charge on any atom is 0.276 e. The molecule has 3 heterocycles. The van der Waals surface area contributed by atoms with Gasteiger partial charge in [0.2, 0.25) is 11.8 Å². The molecule has 5 rings (SSSR count). The van der Waals surface area contributed by atoms with Crippen LogP contribution in [-0.4, -0.2) is 61.5 Å². The van der Waals surface area contributed by atoms with Crippen LogP contribution in [0.2, 0.25) is 0 Å². The van der Waals surface area contributed by atoms with Gasteiger partial charge in [0.25, 0.3) is 5.91 Å². The third-order valence-corrected chi connectivity index (χ3v) is 6.84. The number of nitrogens with two attached hydrogens (primary N) is 2. The average molecular weight is 539 g/mol. The minimum atomic E-state index is -0.955. The number of pyridine rings is 1. The quantitative estimate of drug-likeness (QED) is 0.219. The number of rotatable bonds is 10. The fraction of sp³-hybridized carbons (Fsp3) is 0.440. The Morgan fingerprint density at radius 2 is 1.72 bits per heavy atom. The maximum atomic E-state index is 14.0. The summed E-state index contributed by atoms with van der Waals surface area (Å²) in [5, 5.41) is 17.0. The van der Waals surface area contributed by atoms with Crippen molar-refractivity contribution < 1.29 is 18.8 Å². The number of carbonyl (C=O) groups is 3. The van der Waals surface area contributed by atoms with Crippen molar-refractivity contribution in [2.24, 2.45) is 11.5 Å². The van der Waals surface area contributed by atoms with Crippen LogP contribution in [0.25, 0.3) is 5.65 Å². The first-order valence-corrected chi connectivity index (χ1v) is 12.9. The normalized spacial score (nSPS) is 19.7. The summed E-state index contributed by atoms with van der Waals surface area (Å²) in [4.78, 5) is 44.4. The number of anilines is 3. The molecule has 8 N–H and O–H groups in total. The number of aromatic nitrogens is 4. The Morgan fingerprint density at radius 3 is 2.41 bits per heavy atom. The van der Waals surface area contributed by atoms with E-state index in [2.05, 4.69) is 36.3 Å². The molecular weight excluding hydrogens is 507 g/mol. The topological polar surface area (TPSA) is 194 Å². The van der Waals surface area contributed by atoms with Gasteiger partial charge in [0.05, 0.1) is 36.2 Å². The first kappa shape index (κ1) is 26.3. The molecule has 0 unspecified atom stereocenters. The molecule has 0 aliphatic heterocycles. The van der Waals surface area contributed by atoms with E-state index in [-0.39, 0.29) is 35.8 Å². The van der Waals surface area contributed by atoms with E-state index < -0.39 is 23.7 Å². The summed E-state index contributed by atoms with van der Waals surface area (Å²) in [6.45, 7) is 0. The van der Waals surface area contributed by atoms with Crippen molar-refractivity contribution in [3.63, 3.8) is 0 Å². The zero-order valence-electron chi connectivity index (χ0n) is 21.2. The molecule has 2 aliphatic carbocycles. The summed E-state index contributed by atoms with van der Waals surface area (Å²) >= 11 is 0. The minimum Gasteiger partial charge on any atom is -0.379 e. The van der Waals surface area contributed by atoms with E-state index in [1.54, 1.807) is 0 Å². The van der Waals surface area contributed by atoms with E-state index in [4.69, 9.17) is 11.5 Å². The number of amides is 3. The highest BCUT2D eigenvalue weighted by atomic mass is 19.1. The third-order valence-electron chi connectivity index (χ3n) is 6.84. The summed E-state index contributed by atoms with van der Waals surface area (Å²) in [6, 6.07) is 2.67. The van der Waals surface area contributed by atoms with Crippen LogP contribution < -0.4 is 32.7 Å². The highest BCUT2D eigenvalue weighted by Crippen LogP contribution is 2.30. The molecule has 3 amide bonds. The largest absolute Gasteiger partial charge is 0.379 e. The zero-order chi connectivity index (χ0) is 27.5. The molecule has 1 atom stereocenters. The van der Waals surface area contributed by atoms with Gasteiger partial charge in [-0.25, -0.2) is 13.9 Å². The van der Waals surface area contributed by atoms with Gasteiger partial charge in [0, 0.05) is 30.4 Å². The number of carbonyl (C=O) groups excluding carboxylic acids is 3. The van der Waals surface area contributed by atoms with Gasteiger partial charge in [0.15, 0.2) is 17.2 Å². The van der Waals surface area contributed by atoms with Crippen LogP contribution in [0.4, 0.5) is 21.6 Å². The number of fused-ring (bicyclic) bond motifs is 1. The van der Waals surface area contributed by atoms with Crippen LogP contribution >= 0.6 is 0 Å². The Labute approximate surface area is 223 Å². The lowest BCUT2D eigenvalue weighted by Gasteiger charge is -2.30. The monoisotopic (exact) mass is 538 g/mol. The van der Waals surface area contributed by atoms with Gasteiger partial charge in [-0.15, -0.1) is 5.10 Å². The van der Waals surface area contributed by atoms with Crippen LogP contribution in [0.5, 0.6) is 0 Å². The van der Waals surface area contributed by atoms with E-state index in [1.165, 1.54) is 23.0 Å². The van der Waals surface area contributed by atoms with Crippen LogP contribution in [0.15, 0.2) is 30.7 Å². The molecule has 2 aliphatic rings. The molecule has 206 valence electrons. The Balaban J connectivity index is 1.28. The molecule has 0 spiro atoms. The molecule has 3 aromatic heterocycles. The van der Waals surface area contributed by atoms with Gasteiger partial charge in [-0.3, -0.25) is 19.4 Å². The van der Waals surface area contributed by atoms with Crippen molar-refractivity contribution in [3.05, 3.63) is 42.2 Å². The molecule has 14 heteroatoms. The van der Waals surface area contributed by atoms with Crippen molar-refractivity contribution in [1.29, 1.82) is 0 Å². The van der Waals surface area contributed by atoms with E-state index in [1.807, 2.05) is 6.07 Å². The van der Waals surface area contributed by atoms with Crippen LogP contribution in [0, 0.1) is 5.82 Å². The van der Waals surface area contributed by atoms with Crippen molar-refractivity contribution in [1.82, 2.24) is 24.9 Å². The Hall–Kier alpha value is -4.33. The lowest BCUT2D eigenvalue weighted by molar-refractivity contribution is -0.127. The Morgan fingerprint density at radius 1 is 1.03 bits per heavy atom. The number of nitrogens with zero attached hydrogens (tertiary/aromatic N) is 4. The standard InChI is InChI=1S/C25H31FN10O3/c26-16-11-29-8-7-18(16)34-25(39)20-12-30-23-19(31-13-1-2-13)10-22(35-36(20)23)32-14-3-5-15(6-4-14)33-24(38)17(27)9-21(28)37/h7-8,10-15,17,31H,1-6,9,27H2,(H2,28,37)(H,32,35)(H,33,38)(H,29,34,39)/t14?,15?,17-/m1/s1. The number of hydrogen-bond donors (Lipinski definition) is 6. The molecule has 39 heavy (non-hydrogen) atoms. The molecule has 0 bridgehead atoms. The SMILES string of the molecule is NC(=O)C[C@@H](N)C(=O)NC1CCC(Nc2cc(NC3CC3)c3ncc(C(=O)Nc4ccncc4F)n3n2)CC1. The van der Waals surface area contributed by atoms with Gasteiger partial charge in [0.1, 0.15) is 5.82 Å². The van der Waals surface area contributed by atoms with Gasteiger partial charge < -0.3 is 32.7 Å². The summed E-state index contributed by atoms with van der Waals surface area (Å²) < 4.78 is 15.5. The third kappa shape index (κ3) is 6.39. The van der Waals surface area contributed by atoms with Crippen molar-refractivity contribution in [2.45, 2.75) is 69.1 Å². The van der Waals surface area contributed by atoms with E-state index >= 15 is 0 Å². The molecule has 3 aromatic rings. The van der Waals surface area contributed by atoms with E-state index in [0.717, 1.165) is 50.4 Å². The predicted octanol–water partition coefficient (Wildman–Crippen LogP) is 1.13. The smallest absolute Gasteiger partial charge is 0.276 e. The summed E-state index contributed by atoms with van der Waals surface area (Å²) in [6.07, 6.45) is 8.70. The first-order valence-electron chi connectivity index (χ1n) is 12.9.